The van der Waals surface area contributed by atoms with Crippen LogP contribution in [0.5, 0.6) is 5.75 Å². The van der Waals surface area contributed by atoms with Crippen molar-refractivity contribution in [1.29, 1.82) is 0 Å². The number of hydrogen-bond donors (Lipinski definition) is 0. The summed E-state index contributed by atoms with van der Waals surface area (Å²) in [6, 6.07) is 18.6. The summed E-state index contributed by atoms with van der Waals surface area (Å²) in [6.45, 7) is -0.289. The SMILES string of the molecule is COc1ccc([C@@H]2CC(c3ccc(Cl)cc3)=NN2C(=O)CN2N=N[C@H]3C(=O)N(c4ccc(Cl)cc4)C(=O)[C@@H]32)cc1. The number of fused-ring (bicyclic) bond motifs is 1. The van der Waals surface area contributed by atoms with Crippen LogP contribution in [0.4, 0.5) is 5.69 Å². The zero-order valence-corrected chi connectivity index (χ0v) is 22.7. The number of amides is 3. The van der Waals surface area contributed by atoms with Crippen molar-refractivity contribution in [2.45, 2.75) is 24.5 Å². The Hall–Kier alpha value is -4.28. The van der Waals surface area contributed by atoms with E-state index >= 15 is 0 Å². The summed E-state index contributed by atoms with van der Waals surface area (Å²) in [6.07, 6.45) is 0.467. The molecule has 0 N–H and O–H groups in total. The molecule has 3 atom stereocenters. The number of ether oxygens (including phenoxy) is 1. The average Bonchev–Trinajstić information content (AvgIpc) is 3.65. The minimum atomic E-state index is -1.03. The van der Waals surface area contributed by atoms with E-state index in [4.69, 9.17) is 27.9 Å². The molecule has 0 spiro atoms. The molecule has 0 unspecified atom stereocenters. The topological polar surface area (TPSA) is 107 Å². The molecule has 1 saturated heterocycles. The Morgan fingerprint density at radius 3 is 2.23 bits per heavy atom. The molecular weight excluding hydrogens is 555 g/mol. The minimum absolute atomic E-state index is 0.289. The zero-order chi connectivity index (χ0) is 28.0. The van der Waals surface area contributed by atoms with Crippen LogP contribution in [-0.4, -0.2) is 59.2 Å². The van der Waals surface area contributed by atoms with Crippen LogP contribution in [0.2, 0.25) is 10.0 Å². The van der Waals surface area contributed by atoms with E-state index in [1.807, 2.05) is 36.4 Å². The van der Waals surface area contributed by atoms with Crippen molar-refractivity contribution in [1.82, 2.24) is 10.0 Å². The zero-order valence-electron chi connectivity index (χ0n) is 21.1. The van der Waals surface area contributed by atoms with Crippen LogP contribution >= 0.6 is 23.2 Å². The molecule has 3 heterocycles. The maximum Gasteiger partial charge on any atom is 0.264 e. The first-order valence-electron chi connectivity index (χ1n) is 12.4. The fourth-order valence-electron chi connectivity index (χ4n) is 5.05. The molecule has 10 nitrogen and oxygen atoms in total. The van der Waals surface area contributed by atoms with Crippen molar-refractivity contribution in [2.75, 3.05) is 18.6 Å². The normalized spacial score (nSPS) is 21.7. The lowest BCUT2D eigenvalue weighted by atomic mass is 9.98. The molecule has 3 aromatic carbocycles. The number of carbonyl (C=O) groups is 3. The van der Waals surface area contributed by atoms with Crippen molar-refractivity contribution in [2.24, 2.45) is 15.4 Å². The molecular formula is C28H22Cl2N6O4. The highest BCUT2D eigenvalue weighted by Crippen LogP contribution is 2.36. The lowest BCUT2D eigenvalue weighted by molar-refractivity contribution is -0.135. The molecule has 6 rings (SSSR count). The van der Waals surface area contributed by atoms with Gasteiger partial charge in [0.25, 0.3) is 17.7 Å². The number of hydrogen-bond acceptors (Lipinski definition) is 8. The molecule has 3 aromatic rings. The molecule has 202 valence electrons. The number of nitrogens with zero attached hydrogens (tertiary/aromatic N) is 6. The Morgan fingerprint density at radius 2 is 1.57 bits per heavy atom. The Balaban J connectivity index is 1.26. The van der Waals surface area contributed by atoms with Crippen LogP contribution < -0.4 is 9.64 Å². The third kappa shape index (κ3) is 4.59. The molecule has 0 saturated carbocycles. The van der Waals surface area contributed by atoms with Crippen LogP contribution in [-0.2, 0) is 14.4 Å². The van der Waals surface area contributed by atoms with E-state index in [2.05, 4.69) is 15.4 Å². The number of imide groups is 1. The van der Waals surface area contributed by atoms with Crippen molar-refractivity contribution in [3.05, 3.63) is 94.0 Å². The second kappa shape index (κ2) is 10.4. The molecule has 0 bridgehead atoms. The van der Waals surface area contributed by atoms with E-state index in [0.29, 0.717) is 33.6 Å². The third-order valence-electron chi connectivity index (χ3n) is 7.08. The predicted molar refractivity (Wildman–Crippen MR) is 148 cm³/mol. The lowest BCUT2D eigenvalue weighted by Gasteiger charge is -2.25. The maximum absolute atomic E-state index is 13.7. The van der Waals surface area contributed by atoms with Gasteiger partial charge < -0.3 is 4.74 Å². The third-order valence-corrected chi connectivity index (χ3v) is 7.59. The number of benzene rings is 3. The molecule has 12 heteroatoms. The highest BCUT2D eigenvalue weighted by atomic mass is 35.5. The van der Waals surface area contributed by atoms with E-state index in [1.165, 1.54) is 10.0 Å². The Morgan fingerprint density at radius 1 is 0.925 bits per heavy atom. The van der Waals surface area contributed by atoms with Gasteiger partial charge in [0.2, 0.25) is 0 Å². The van der Waals surface area contributed by atoms with Crippen LogP contribution in [0.25, 0.3) is 0 Å². The molecule has 0 aliphatic carbocycles. The van der Waals surface area contributed by atoms with Gasteiger partial charge in [-0.1, -0.05) is 52.7 Å². The maximum atomic E-state index is 13.7. The second-order valence-corrected chi connectivity index (χ2v) is 10.3. The summed E-state index contributed by atoms with van der Waals surface area (Å²) < 4.78 is 5.28. The van der Waals surface area contributed by atoms with Crippen molar-refractivity contribution in [3.8, 4) is 5.75 Å². The van der Waals surface area contributed by atoms with Gasteiger partial charge in [-0.15, -0.1) is 0 Å². The van der Waals surface area contributed by atoms with E-state index in [1.54, 1.807) is 43.5 Å². The van der Waals surface area contributed by atoms with E-state index < -0.39 is 35.8 Å². The van der Waals surface area contributed by atoms with E-state index in [0.717, 1.165) is 16.0 Å². The number of methoxy groups -OCH3 is 1. The first-order chi connectivity index (χ1) is 19.3. The van der Waals surface area contributed by atoms with Crippen molar-refractivity contribution >= 4 is 52.3 Å². The second-order valence-electron chi connectivity index (χ2n) is 9.47. The monoisotopic (exact) mass is 576 g/mol. The first-order valence-corrected chi connectivity index (χ1v) is 13.2. The Bertz CT molecular complexity index is 1540. The van der Waals surface area contributed by atoms with Gasteiger partial charge in [0.05, 0.1) is 24.6 Å². The molecule has 3 amide bonds. The van der Waals surface area contributed by atoms with E-state index in [9.17, 15) is 14.4 Å². The quantitative estimate of drug-likeness (QED) is 0.396. The summed E-state index contributed by atoms with van der Waals surface area (Å²) >= 11 is 12.0. The molecule has 1 fully saturated rings. The van der Waals surface area contributed by atoms with Gasteiger partial charge in [-0.3, -0.25) is 19.4 Å². The van der Waals surface area contributed by atoms with Crippen LogP contribution in [0.1, 0.15) is 23.6 Å². The number of carbonyl (C=O) groups excluding carboxylic acids is 3. The Kier molecular flexibility index (Phi) is 6.73. The van der Waals surface area contributed by atoms with Gasteiger partial charge in [0, 0.05) is 16.5 Å². The van der Waals surface area contributed by atoms with Crippen LogP contribution in [0.15, 0.2) is 88.2 Å². The smallest absolute Gasteiger partial charge is 0.264 e. The summed E-state index contributed by atoms with van der Waals surface area (Å²) in [5.41, 5.74) is 2.80. The molecule has 3 aliphatic heterocycles. The van der Waals surface area contributed by atoms with Gasteiger partial charge in [-0.05, 0) is 59.7 Å². The summed E-state index contributed by atoms with van der Waals surface area (Å²) in [5, 5.41) is 16.5. The number of anilines is 1. The fraction of sp³-hybridized carbons (Fsp3) is 0.214. The van der Waals surface area contributed by atoms with Gasteiger partial charge in [0.15, 0.2) is 12.1 Å². The van der Waals surface area contributed by atoms with Gasteiger partial charge in [0.1, 0.15) is 12.3 Å². The Labute approximate surface area is 239 Å². The minimum Gasteiger partial charge on any atom is -0.497 e. The van der Waals surface area contributed by atoms with Gasteiger partial charge in [-0.25, -0.2) is 9.91 Å². The number of rotatable bonds is 6. The standard InChI is InChI=1S/C28H22Cl2N6O4/c1-40-21-12-4-17(5-13-21)23-14-22(16-2-6-18(29)7-3-16)32-36(23)24(37)15-34-26-25(31-33-34)27(38)35(28(26)39)20-10-8-19(30)9-11-20/h2-13,23,25-26H,14-15H2,1H3/t23-,25+,26+/m0/s1. The predicted octanol–water partition coefficient (Wildman–Crippen LogP) is 4.67. The molecule has 0 aromatic heterocycles. The van der Waals surface area contributed by atoms with Gasteiger partial charge in [-0.2, -0.15) is 10.2 Å². The number of halogens is 2. The highest BCUT2D eigenvalue weighted by molar-refractivity contribution is 6.31. The number of hydrazone groups is 1. The fourth-order valence-corrected chi connectivity index (χ4v) is 5.30. The lowest BCUT2D eigenvalue weighted by Crippen LogP contribution is -2.44. The largest absolute Gasteiger partial charge is 0.497 e. The molecule has 40 heavy (non-hydrogen) atoms. The highest BCUT2D eigenvalue weighted by Gasteiger charge is 2.55. The van der Waals surface area contributed by atoms with Gasteiger partial charge >= 0.3 is 0 Å². The van der Waals surface area contributed by atoms with Crippen LogP contribution in [0, 0.1) is 0 Å². The average molecular weight is 577 g/mol. The first kappa shape index (κ1) is 26.0. The summed E-state index contributed by atoms with van der Waals surface area (Å²) in [7, 11) is 1.59. The van der Waals surface area contributed by atoms with Crippen LogP contribution in [0.3, 0.4) is 0 Å². The van der Waals surface area contributed by atoms with Crippen molar-refractivity contribution < 1.29 is 19.1 Å². The van der Waals surface area contributed by atoms with Crippen molar-refractivity contribution in [3.63, 3.8) is 0 Å². The van der Waals surface area contributed by atoms with E-state index in [-0.39, 0.29) is 6.54 Å². The molecule has 0 radical (unpaired) electrons. The summed E-state index contributed by atoms with van der Waals surface area (Å²) in [5.74, 6) is -0.712. The summed E-state index contributed by atoms with van der Waals surface area (Å²) in [4.78, 5) is 41.2. The molecule has 3 aliphatic rings.